The molecule has 9 nitrogen and oxygen atoms in total. The van der Waals surface area contributed by atoms with Gasteiger partial charge in [0.1, 0.15) is 12.4 Å². The molecule has 4 heterocycles. The second kappa shape index (κ2) is 9.96. The number of aromatic nitrogens is 2. The molecule has 1 fully saturated rings. The molecule has 0 bridgehead atoms. The molecule has 1 saturated heterocycles. The molecule has 0 radical (unpaired) electrons. The number of amides is 2. The molecule has 10 heteroatoms. The van der Waals surface area contributed by atoms with Gasteiger partial charge in [0.25, 0.3) is 5.91 Å². The van der Waals surface area contributed by atoms with Gasteiger partial charge in [0, 0.05) is 36.5 Å². The number of para-hydroxylation sites is 1. The van der Waals surface area contributed by atoms with Gasteiger partial charge in [-0.1, -0.05) is 12.6 Å². The number of carbonyl (C=O) groups is 2. The van der Waals surface area contributed by atoms with Crippen LogP contribution < -0.4 is 20.1 Å². The van der Waals surface area contributed by atoms with Crippen LogP contribution in [0, 0.1) is 5.82 Å². The summed E-state index contributed by atoms with van der Waals surface area (Å²) < 4.78 is 25.9. The molecule has 2 unspecified atom stereocenters. The van der Waals surface area contributed by atoms with Gasteiger partial charge in [-0.05, 0) is 37.6 Å². The van der Waals surface area contributed by atoms with Crippen molar-refractivity contribution in [3.63, 3.8) is 0 Å². The van der Waals surface area contributed by atoms with Gasteiger partial charge in [-0.3, -0.25) is 14.6 Å². The minimum atomic E-state index is -0.524. The second-order valence-corrected chi connectivity index (χ2v) is 9.05. The molecule has 5 rings (SSSR count). The van der Waals surface area contributed by atoms with Crippen LogP contribution in [0.2, 0.25) is 0 Å². The number of ether oxygens (including phenoxy) is 2. The minimum Gasteiger partial charge on any atom is -0.492 e. The third kappa shape index (κ3) is 4.39. The minimum absolute atomic E-state index is 0.0388. The number of methoxy groups -OCH3 is 1. The van der Waals surface area contributed by atoms with Crippen LogP contribution in [0.1, 0.15) is 29.4 Å². The normalized spacial score (nSPS) is 18.4. The number of halogens is 1. The summed E-state index contributed by atoms with van der Waals surface area (Å²) >= 11 is 0. The van der Waals surface area contributed by atoms with E-state index >= 15 is 0 Å². The number of likely N-dealkylation sites (tertiary alicyclic amines) is 1. The van der Waals surface area contributed by atoms with E-state index in [0.29, 0.717) is 46.9 Å². The SMILES string of the molecule is C=CC(=O)N1C(C)CC1COc1cnccc1-c1[nH]c2c(c1Nc1cccc(F)c1OC)C(=O)NCC2. The Morgan fingerprint density at radius 3 is 2.97 bits per heavy atom. The Labute approximate surface area is 213 Å². The quantitative estimate of drug-likeness (QED) is 0.402. The third-order valence-corrected chi connectivity index (χ3v) is 6.79. The highest BCUT2D eigenvalue weighted by Crippen LogP contribution is 2.42. The number of anilines is 2. The maximum Gasteiger partial charge on any atom is 0.255 e. The molecule has 3 N–H and O–H groups in total. The first-order valence-corrected chi connectivity index (χ1v) is 12.1. The van der Waals surface area contributed by atoms with Gasteiger partial charge in [-0.15, -0.1) is 0 Å². The predicted octanol–water partition coefficient (Wildman–Crippen LogP) is 3.81. The van der Waals surface area contributed by atoms with E-state index in [1.807, 2.05) is 6.92 Å². The fourth-order valence-corrected chi connectivity index (χ4v) is 5.04. The van der Waals surface area contributed by atoms with Crippen molar-refractivity contribution < 1.29 is 23.5 Å². The number of rotatable bonds is 8. The lowest BCUT2D eigenvalue weighted by atomic mass is 9.94. The summed E-state index contributed by atoms with van der Waals surface area (Å²) in [4.78, 5) is 34.5. The lowest BCUT2D eigenvalue weighted by Gasteiger charge is -2.46. The van der Waals surface area contributed by atoms with E-state index in [4.69, 9.17) is 9.47 Å². The summed E-state index contributed by atoms with van der Waals surface area (Å²) in [6, 6.07) is 6.38. The highest BCUT2D eigenvalue weighted by atomic mass is 19.1. The predicted molar refractivity (Wildman–Crippen MR) is 137 cm³/mol. The lowest BCUT2D eigenvalue weighted by Crippen LogP contribution is -2.59. The molecule has 3 aromatic rings. The zero-order chi connectivity index (χ0) is 26.1. The molecule has 2 atom stereocenters. The van der Waals surface area contributed by atoms with Crippen molar-refractivity contribution >= 4 is 23.2 Å². The summed E-state index contributed by atoms with van der Waals surface area (Å²) in [5.41, 5.74) is 3.34. The lowest BCUT2D eigenvalue weighted by molar-refractivity contribution is -0.139. The molecule has 37 heavy (non-hydrogen) atoms. The Hall–Kier alpha value is -4.34. The van der Waals surface area contributed by atoms with Crippen LogP contribution in [0.4, 0.5) is 15.8 Å². The van der Waals surface area contributed by atoms with Crippen LogP contribution in [0.5, 0.6) is 11.5 Å². The average molecular weight is 506 g/mol. The summed E-state index contributed by atoms with van der Waals surface area (Å²) in [5.74, 6) is -0.361. The Morgan fingerprint density at radius 2 is 2.22 bits per heavy atom. The van der Waals surface area contributed by atoms with Crippen molar-refractivity contribution in [2.45, 2.75) is 31.8 Å². The number of nitrogens with zero attached hydrogens (tertiary/aromatic N) is 2. The Balaban J connectivity index is 1.52. The van der Waals surface area contributed by atoms with Crippen LogP contribution in [0.15, 0.2) is 49.3 Å². The van der Waals surface area contributed by atoms with Crippen molar-refractivity contribution in [3.8, 4) is 22.8 Å². The molecule has 2 amide bonds. The summed E-state index contributed by atoms with van der Waals surface area (Å²) in [6.45, 7) is 6.36. The standard InChI is InChI=1S/C27H28FN5O4/c1-4-22(34)33-15(2)12-16(33)14-37-21-13-29-10-8-17(21)24-25(23-19(31-24)9-11-30-27(23)35)32-20-7-5-6-18(28)26(20)36-3/h4-8,10,13,15-16,31-32H,1,9,11-12,14H2,2-3H3,(H,30,35). The van der Waals surface area contributed by atoms with Crippen molar-refractivity contribution in [2.24, 2.45) is 0 Å². The second-order valence-electron chi connectivity index (χ2n) is 9.05. The van der Waals surface area contributed by atoms with E-state index in [2.05, 4.69) is 27.2 Å². The molecule has 2 aliphatic rings. The van der Waals surface area contributed by atoms with E-state index in [0.717, 1.165) is 12.1 Å². The number of pyridine rings is 1. The van der Waals surface area contributed by atoms with Gasteiger partial charge in [0.15, 0.2) is 11.6 Å². The van der Waals surface area contributed by atoms with Gasteiger partial charge < -0.3 is 30.0 Å². The monoisotopic (exact) mass is 505 g/mol. The van der Waals surface area contributed by atoms with Crippen molar-refractivity contribution in [1.82, 2.24) is 20.2 Å². The zero-order valence-electron chi connectivity index (χ0n) is 20.6. The summed E-state index contributed by atoms with van der Waals surface area (Å²) in [7, 11) is 1.39. The molecule has 1 aromatic carbocycles. The maximum absolute atomic E-state index is 14.4. The average Bonchev–Trinajstić information content (AvgIpc) is 3.25. The fourth-order valence-electron chi connectivity index (χ4n) is 5.04. The number of benzene rings is 1. The maximum atomic E-state index is 14.4. The highest BCUT2D eigenvalue weighted by Gasteiger charge is 2.38. The van der Waals surface area contributed by atoms with Crippen LogP contribution >= 0.6 is 0 Å². The Morgan fingerprint density at radius 1 is 1.38 bits per heavy atom. The summed E-state index contributed by atoms with van der Waals surface area (Å²) in [5, 5.41) is 6.09. The molecular formula is C27H28FN5O4. The molecule has 0 spiro atoms. The number of fused-ring (bicyclic) bond motifs is 1. The van der Waals surface area contributed by atoms with Crippen molar-refractivity contribution in [1.29, 1.82) is 0 Å². The van der Waals surface area contributed by atoms with Gasteiger partial charge >= 0.3 is 0 Å². The van der Waals surface area contributed by atoms with Crippen LogP contribution in [-0.2, 0) is 11.2 Å². The van der Waals surface area contributed by atoms with Gasteiger partial charge in [0.2, 0.25) is 5.91 Å². The smallest absolute Gasteiger partial charge is 0.255 e. The first-order valence-electron chi connectivity index (χ1n) is 12.1. The van der Waals surface area contributed by atoms with Gasteiger partial charge in [-0.2, -0.15) is 0 Å². The van der Waals surface area contributed by atoms with Crippen LogP contribution in [0.3, 0.4) is 0 Å². The van der Waals surface area contributed by atoms with E-state index in [1.165, 1.54) is 19.3 Å². The number of aromatic amines is 1. The van der Waals surface area contributed by atoms with Crippen molar-refractivity contribution in [2.75, 3.05) is 25.6 Å². The molecular weight excluding hydrogens is 477 g/mol. The molecule has 2 aliphatic heterocycles. The largest absolute Gasteiger partial charge is 0.492 e. The molecule has 2 aromatic heterocycles. The third-order valence-electron chi connectivity index (χ3n) is 6.79. The van der Waals surface area contributed by atoms with Crippen molar-refractivity contribution in [3.05, 3.63) is 66.4 Å². The number of hydrogen-bond acceptors (Lipinski definition) is 6. The van der Waals surface area contributed by atoms with E-state index < -0.39 is 5.82 Å². The first kappa shape index (κ1) is 24.4. The number of carbonyl (C=O) groups excluding carboxylic acids is 2. The van der Waals surface area contributed by atoms with E-state index in [1.54, 1.807) is 35.5 Å². The molecule has 0 aliphatic carbocycles. The van der Waals surface area contributed by atoms with E-state index in [9.17, 15) is 14.0 Å². The van der Waals surface area contributed by atoms with Gasteiger partial charge in [-0.25, -0.2) is 4.39 Å². The highest BCUT2D eigenvalue weighted by molar-refractivity contribution is 6.06. The fraction of sp³-hybridized carbons (Fsp3) is 0.296. The topological polar surface area (TPSA) is 109 Å². The summed E-state index contributed by atoms with van der Waals surface area (Å²) in [6.07, 6.45) is 5.97. The number of hydrogen-bond donors (Lipinski definition) is 3. The molecule has 0 saturated carbocycles. The Bertz CT molecular complexity index is 1370. The number of nitrogens with one attached hydrogen (secondary N) is 3. The first-order chi connectivity index (χ1) is 17.9. The van der Waals surface area contributed by atoms with E-state index in [-0.39, 0.29) is 36.3 Å². The molecule has 192 valence electrons. The van der Waals surface area contributed by atoms with Crippen LogP contribution in [0.25, 0.3) is 11.3 Å². The van der Waals surface area contributed by atoms with Crippen LogP contribution in [-0.4, -0.2) is 59.0 Å². The van der Waals surface area contributed by atoms with Gasteiger partial charge in [0.05, 0.1) is 42.0 Å². The zero-order valence-corrected chi connectivity index (χ0v) is 20.6. The Kier molecular flexibility index (Phi) is 6.56. The number of H-pyrrole nitrogens is 1.